The van der Waals surface area contributed by atoms with Gasteiger partial charge in [-0.15, -0.1) is 0 Å². The Morgan fingerprint density at radius 1 is 0.880 bits per heavy atom. The van der Waals surface area contributed by atoms with Crippen molar-refractivity contribution in [1.82, 2.24) is 5.32 Å². The molecule has 3 fully saturated rings. The summed E-state index contributed by atoms with van der Waals surface area (Å²) in [6.45, 7) is 7.17. The molecule has 2 amide bonds. The highest BCUT2D eigenvalue weighted by molar-refractivity contribution is 8.45. The standard InChI is InChI=1S/C34H41F7N2O6S/c1-33(2,3)49-32(46)34(4)12-10-21(11-13-34)48-26-16-22(25(47-5)17-24(26)36)30(44)43-29-19-7-6-18(14-19)28(29)31(45)42-20-8-9-23(35)27(15-20)50(37,38,39,40)41/h8-9,15-19,21,28-29H,6-7,10-14H2,1-5H3,(H,42,45)(H,43,44)/t18-,19+,21?,28+,29-,34?/m0/s1. The lowest BCUT2D eigenvalue weighted by atomic mass is 9.74. The third kappa shape index (κ3) is 8.10. The van der Waals surface area contributed by atoms with E-state index in [-0.39, 0.29) is 47.0 Å². The molecular weight excluding hydrogens is 697 g/mol. The first-order valence-electron chi connectivity index (χ1n) is 16.3. The number of hydrogen-bond acceptors (Lipinski definition) is 6. The van der Waals surface area contributed by atoms with Crippen LogP contribution in [0.3, 0.4) is 0 Å². The molecule has 2 bridgehead atoms. The van der Waals surface area contributed by atoms with Gasteiger partial charge in [-0.2, -0.15) is 0 Å². The molecule has 0 aliphatic heterocycles. The van der Waals surface area contributed by atoms with Crippen molar-refractivity contribution in [3.05, 3.63) is 47.5 Å². The van der Waals surface area contributed by atoms with Crippen LogP contribution >= 0.6 is 10.2 Å². The molecule has 0 aromatic heterocycles. The van der Waals surface area contributed by atoms with E-state index in [1.165, 1.54) is 13.2 Å². The number of benzene rings is 2. The van der Waals surface area contributed by atoms with Crippen molar-refractivity contribution in [1.29, 1.82) is 0 Å². The molecule has 2 aromatic carbocycles. The number of rotatable bonds is 9. The second-order valence-corrected chi connectivity index (χ2v) is 17.2. The van der Waals surface area contributed by atoms with E-state index in [0.29, 0.717) is 44.9 Å². The van der Waals surface area contributed by atoms with Crippen molar-refractivity contribution in [2.45, 2.75) is 95.3 Å². The molecule has 0 saturated heterocycles. The molecule has 278 valence electrons. The summed E-state index contributed by atoms with van der Waals surface area (Å²) in [5.41, 5.74) is -2.16. The smallest absolute Gasteiger partial charge is 0.313 e. The molecule has 3 saturated carbocycles. The van der Waals surface area contributed by atoms with Gasteiger partial charge in [-0.3, -0.25) is 14.4 Å². The van der Waals surface area contributed by atoms with Crippen LogP contribution in [0.1, 0.15) is 83.0 Å². The Kier molecular flexibility index (Phi) is 9.18. The van der Waals surface area contributed by atoms with E-state index < -0.39 is 73.3 Å². The fraction of sp³-hybridized carbons (Fsp3) is 0.559. The summed E-state index contributed by atoms with van der Waals surface area (Å²) in [4.78, 5) is 37.1. The number of amides is 2. The molecule has 0 radical (unpaired) electrons. The second kappa shape index (κ2) is 12.2. The Morgan fingerprint density at radius 3 is 2.12 bits per heavy atom. The van der Waals surface area contributed by atoms with Gasteiger partial charge in [0, 0.05) is 17.8 Å². The first kappa shape index (κ1) is 37.6. The van der Waals surface area contributed by atoms with E-state index in [9.17, 15) is 38.2 Å². The lowest BCUT2D eigenvalue weighted by Crippen LogP contribution is -2.48. The fourth-order valence-electron chi connectivity index (χ4n) is 7.31. The van der Waals surface area contributed by atoms with Crippen LogP contribution in [0.15, 0.2) is 35.2 Å². The van der Waals surface area contributed by atoms with E-state index in [1.54, 1.807) is 20.8 Å². The molecule has 50 heavy (non-hydrogen) atoms. The van der Waals surface area contributed by atoms with Crippen molar-refractivity contribution >= 4 is 33.7 Å². The largest absolute Gasteiger partial charge is 0.496 e. The Balaban J connectivity index is 1.30. The maximum absolute atomic E-state index is 15.2. The number of carbonyl (C=O) groups excluding carboxylic acids is 3. The minimum atomic E-state index is -10.4. The first-order valence-corrected chi connectivity index (χ1v) is 18.3. The topological polar surface area (TPSA) is 103 Å². The molecule has 5 rings (SSSR count). The summed E-state index contributed by atoms with van der Waals surface area (Å²) in [6.07, 6.45) is 2.99. The van der Waals surface area contributed by atoms with Crippen LogP contribution in [0.4, 0.5) is 33.9 Å². The Morgan fingerprint density at radius 2 is 1.52 bits per heavy atom. The molecule has 0 spiro atoms. The summed E-state index contributed by atoms with van der Waals surface area (Å²) < 4.78 is 113. The van der Waals surface area contributed by atoms with Gasteiger partial charge in [-0.25, -0.2) is 8.78 Å². The molecule has 2 N–H and O–H groups in total. The van der Waals surface area contributed by atoms with Crippen LogP contribution in [-0.4, -0.2) is 42.6 Å². The number of ether oxygens (including phenoxy) is 3. The van der Waals surface area contributed by atoms with Crippen LogP contribution in [0.5, 0.6) is 11.5 Å². The third-order valence-electron chi connectivity index (χ3n) is 9.85. The van der Waals surface area contributed by atoms with Crippen molar-refractivity contribution in [2.24, 2.45) is 23.2 Å². The summed E-state index contributed by atoms with van der Waals surface area (Å²) >= 11 is 0. The number of carbonyl (C=O) groups is 3. The Bertz CT molecular complexity index is 1690. The van der Waals surface area contributed by atoms with Gasteiger partial charge in [0.2, 0.25) is 5.91 Å². The Labute approximate surface area is 285 Å². The third-order valence-corrected chi connectivity index (χ3v) is 11.0. The van der Waals surface area contributed by atoms with Crippen LogP contribution in [0.2, 0.25) is 0 Å². The highest BCUT2D eigenvalue weighted by Crippen LogP contribution is 3.02. The quantitative estimate of drug-likeness (QED) is 0.197. The lowest BCUT2D eigenvalue weighted by molar-refractivity contribution is -0.169. The summed E-state index contributed by atoms with van der Waals surface area (Å²) in [5, 5.41) is 5.00. The van der Waals surface area contributed by atoms with Crippen molar-refractivity contribution in [3.8, 4) is 11.5 Å². The van der Waals surface area contributed by atoms with Crippen LogP contribution in [0, 0.1) is 34.8 Å². The molecule has 0 unspecified atom stereocenters. The number of anilines is 1. The highest BCUT2D eigenvalue weighted by Gasteiger charge is 2.67. The van der Waals surface area contributed by atoms with Gasteiger partial charge in [0.05, 0.1) is 30.1 Å². The van der Waals surface area contributed by atoms with Gasteiger partial charge in [0.15, 0.2) is 11.6 Å². The molecule has 3 aliphatic carbocycles. The van der Waals surface area contributed by atoms with Crippen molar-refractivity contribution in [2.75, 3.05) is 12.4 Å². The van der Waals surface area contributed by atoms with Gasteiger partial charge in [0.1, 0.15) is 22.1 Å². The highest BCUT2D eigenvalue weighted by atomic mass is 32.5. The average molecular weight is 739 g/mol. The minimum Gasteiger partial charge on any atom is -0.496 e. The summed E-state index contributed by atoms with van der Waals surface area (Å²) in [6, 6.07) is 2.19. The molecule has 0 heterocycles. The van der Waals surface area contributed by atoms with Gasteiger partial charge in [0.25, 0.3) is 5.91 Å². The number of methoxy groups -OCH3 is 1. The average Bonchev–Trinajstić information content (AvgIpc) is 3.60. The number of hydrogen-bond donors (Lipinski definition) is 2. The fourth-order valence-corrected chi connectivity index (χ4v) is 8.10. The number of esters is 1. The van der Waals surface area contributed by atoms with E-state index in [0.717, 1.165) is 12.1 Å². The molecule has 4 atom stereocenters. The molecule has 3 aliphatic rings. The lowest BCUT2D eigenvalue weighted by Gasteiger charge is -2.40. The maximum Gasteiger partial charge on any atom is 0.313 e. The van der Waals surface area contributed by atoms with E-state index in [1.807, 2.05) is 6.92 Å². The normalized spacial score (nSPS) is 27.9. The Hall–Kier alpha value is -3.69. The van der Waals surface area contributed by atoms with Crippen LogP contribution in [-0.2, 0) is 14.3 Å². The summed E-state index contributed by atoms with van der Waals surface area (Å²) in [5.74, 6) is -6.59. The van der Waals surface area contributed by atoms with Crippen LogP contribution in [0.25, 0.3) is 0 Å². The number of nitrogens with one attached hydrogen (secondary N) is 2. The maximum atomic E-state index is 15.2. The van der Waals surface area contributed by atoms with Crippen LogP contribution < -0.4 is 20.1 Å². The van der Waals surface area contributed by atoms with E-state index in [4.69, 9.17) is 14.2 Å². The first-order chi connectivity index (χ1) is 22.9. The van der Waals surface area contributed by atoms with Gasteiger partial charge >= 0.3 is 16.2 Å². The van der Waals surface area contributed by atoms with E-state index >= 15 is 4.39 Å². The second-order valence-electron chi connectivity index (χ2n) is 14.8. The van der Waals surface area contributed by atoms with E-state index in [2.05, 4.69) is 10.6 Å². The van der Waals surface area contributed by atoms with Crippen molar-refractivity contribution < 1.29 is 56.8 Å². The zero-order valence-corrected chi connectivity index (χ0v) is 29.0. The minimum absolute atomic E-state index is 0.0979. The number of fused-ring (bicyclic) bond motifs is 2. The SMILES string of the molecule is COc1cc(F)c(OC2CCC(C)(C(=O)OC(C)(C)C)CC2)cc1C(=O)N[C@H]1[C@@H]2CC[C@@H](C2)[C@H]1C(=O)Nc1ccc(F)c(S(F)(F)(F)(F)F)c1. The predicted molar refractivity (Wildman–Crippen MR) is 172 cm³/mol. The predicted octanol–water partition coefficient (Wildman–Crippen LogP) is 9.08. The zero-order valence-electron chi connectivity index (χ0n) is 28.2. The van der Waals surface area contributed by atoms with Gasteiger partial charge in [-0.1, -0.05) is 19.4 Å². The molecular formula is C34H41F7N2O6S. The summed E-state index contributed by atoms with van der Waals surface area (Å²) in [7, 11) is -9.17. The zero-order chi connectivity index (χ0) is 37.1. The molecule has 8 nitrogen and oxygen atoms in total. The molecule has 2 aromatic rings. The van der Waals surface area contributed by atoms with Gasteiger partial charge < -0.3 is 24.8 Å². The number of halogens is 7. The van der Waals surface area contributed by atoms with Gasteiger partial charge in [-0.05, 0) is 109 Å². The monoisotopic (exact) mass is 738 g/mol. The molecule has 16 heteroatoms. The van der Waals surface area contributed by atoms with Crippen molar-refractivity contribution in [3.63, 3.8) is 0 Å².